The molecule has 0 radical (unpaired) electrons. The summed E-state index contributed by atoms with van der Waals surface area (Å²) in [5.74, 6) is 1.03. The Bertz CT molecular complexity index is 1210. The number of nitriles is 1. The van der Waals surface area contributed by atoms with Gasteiger partial charge in [0.2, 0.25) is 0 Å². The third-order valence-corrected chi connectivity index (χ3v) is 4.59. The highest BCUT2D eigenvalue weighted by Crippen LogP contribution is 2.30. The average molecular weight is 476 g/mol. The maximum absolute atomic E-state index is 12.4. The summed E-state index contributed by atoms with van der Waals surface area (Å²) in [5, 5.41) is 12.0. The number of furan rings is 1. The highest BCUT2D eigenvalue weighted by atomic mass is 16.6. The normalized spacial score (nSPS) is 10.7. The first-order valence-corrected chi connectivity index (χ1v) is 10.7. The summed E-state index contributed by atoms with van der Waals surface area (Å²) in [6, 6.07) is 16.8. The number of hydrogen-bond donors (Lipinski definition) is 1. The molecule has 1 amide bonds. The monoisotopic (exact) mass is 476 g/mol. The molecule has 0 saturated carbocycles. The summed E-state index contributed by atoms with van der Waals surface area (Å²) in [5.41, 5.74) is 0.420. The fourth-order valence-electron chi connectivity index (χ4n) is 2.92. The molecule has 1 N–H and O–H groups in total. The summed E-state index contributed by atoms with van der Waals surface area (Å²) in [4.78, 5) is 24.6. The van der Waals surface area contributed by atoms with E-state index >= 15 is 0 Å². The van der Waals surface area contributed by atoms with Crippen LogP contribution in [0.5, 0.6) is 23.0 Å². The van der Waals surface area contributed by atoms with Crippen molar-refractivity contribution in [1.29, 1.82) is 5.26 Å². The Labute approximate surface area is 202 Å². The summed E-state index contributed by atoms with van der Waals surface area (Å²) in [6.45, 7) is 1.94. The van der Waals surface area contributed by atoms with Gasteiger partial charge in [0.05, 0.1) is 26.5 Å². The highest BCUT2D eigenvalue weighted by molar-refractivity contribution is 6.01. The number of benzene rings is 2. The van der Waals surface area contributed by atoms with E-state index in [1.165, 1.54) is 18.4 Å². The van der Waals surface area contributed by atoms with Gasteiger partial charge in [-0.05, 0) is 67.1 Å². The fraction of sp³-hybridized carbons (Fsp3) is 0.192. The Morgan fingerprint density at radius 2 is 1.83 bits per heavy atom. The Morgan fingerprint density at radius 3 is 2.49 bits per heavy atom. The van der Waals surface area contributed by atoms with E-state index in [1.54, 1.807) is 62.6 Å². The molecule has 0 unspecified atom stereocenters. The lowest BCUT2D eigenvalue weighted by atomic mass is 10.1. The van der Waals surface area contributed by atoms with Gasteiger partial charge in [-0.3, -0.25) is 4.79 Å². The quantitative estimate of drug-likeness (QED) is 0.192. The lowest BCUT2D eigenvalue weighted by Crippen LogP contribution is -2.23. The summed E-state index contributed by atoms with van der Waals surface area (Å²) in [7, 11) is 1.56. The number of amides is 1. The molecule has 0 bridgehead atoms. The SMILES string of the molecule is CCOc1cc(/C=C(\C#N)C(=O)NCc2ccco2)ccc1OC(=O)COc1ccc(OC)cc1. The molecule has 9 heteroatoms. The molecular formula is C26H24N2O7. The van der Waals surface area contributed by atoms with Crippen molar-refractivity contribution >= 4 is 18.0 Å². The first-order chi connectivity index (χ1) is 17.0. The van der Waals surface area contributed by atoms with Crippen molar-refractivity contribution in [3.8, 4) is 29.1 Å². The summed E-state index contributed by atoms with van der Waals surface area (Å²) >= 11 is 0. The maximum Gasteiger partial charge on any atom is 0.349 e. The van der Waals surface area contributed by atoms with Crippen molar-refractivity contribution in [3.63, 3.8) is 0 Å². The van der Waals surface area contributed by atoms with Crippen molar-refractivity contribution < 1.29 is 33.0 Å². The maximum atomic E-state index is 12.4. The smallest absolute Gasteiger partial charge is 0.349 e. The van der Waals surface area contributed by atoms with Crippen molar-refractivity contribution in [2.24, 2.45) is 0 Å². The molecule has 3 aromatic rings. The number of ether oxygens (including phenoxy) is 4. The van der Waals surface area contributed by atoms with Gasteiger partial charge in [0.15, 0.2) is 18.1 Å². The molecule has 180 valence electrons. The van der Waals surface area contributed by atoms with Crippen molar-refractivity contribution in [2.75, 3.05) is 20.3 Å². The van der Waals surface area contributed by atoms with E-state index in [2.05, 4.69) is 5.32 Å². The van der Waals surface area contributed by atoms with Crippen LogP contribution < -0.4 is 24.3 Å². The first-order valence-electron chi connectivity index (χ1n) is 10.7. The van der Waals surface area contributed by atoms with Crippen LogP contribution in [-0.4, -0.2) is 32.2 Å². The number of methoxy groups -OCH3 is 1. The van der Waals surface area contributed by atoms with Gasteiger partial charge in [-0.15, -0.1) is 0 Å². The molecule has 0 aliphatic heterocycles. The molecule has 0 fully saturated rings. The average Bonchev–Trinajstić information content (AvgIpc) is 3.40. The largest absolute Gasteiger partial charge is 0.497 e. The van der Waals surface area contributed by atoms with Gasteiger partial charge in [-0.25, -0.2) is 4.79 Å². The third kappa shape index (κ3) is 7.40. The number of hydrogen-bond acceptors (Lipinski definition) is 8. The zero-order valence-electron chi connectivity index (χ0n) is 19.3. The molecule has 35 heavy (non-hydrogen) atoms. The van der Waals surface area contributed by atoms with Crippen LogP contribution in [0.4, 0.5) is 0 Å². The van der Waals surface area contributed by atoms with Crippen LogP contribution in [0, 0.1) is 11.3 Å². The minimum Gasteiger partial charge on any atom is -0.497 e. The minimum atomic E-state index is -0.625. The van der Waals surface area contributed by atoms with E-state index in [0.29, 0.717) is 29.4 Å². The van der Waals surface area contributed by atoms with E-state index < -0.39 is 11.9 Å². The molecular weight excluding hydrogens is 452 g/mol. The summed E-state index contributed by atoms with van der Waals surface area (Å²) in [6.07, 6.45) is 2.91. The predicted octanol–water partition coefficient (Wildman–Crippen LogP) is 3.89. The Hall–Kier alpha value is -4.71. The second-order valence-corrected chi connectivity index (χ2v) is 7.01. The van der Waals surface area contributed by atoms with E-state index in [0.717, 1.165) is 0 Å². The second kappa shape index (κ2) is 12.5. The van der Waals surface area contributed by atoms with Crippen LogP contribution >= 0.6 is 0 Å². The molecule has 0 aliphatic rings. The van der Waals surface area contributed by atoms with Gasteiger partial charge in [0.25, 0.3) is 5.91 Å². The van der Waals surface area contributed by atoms with Gasteiger partial charge in [-0.1, -0.05) is 6.07 Å². The molecule has 9 nitrogen and oxygen atoms in total. The van der Waals surface area contributed by atoms with Gasteiger partial charge in [0, 0.05) is 0 Å². The minimum absolute atomic E-state index is 0.100. The van der Waals surface area contributed by atoms with Crippen LogP contribution in [-0.2, 0) is 16.1 Å². The highest BCUT2D eigenvalue weighted by Gasteiger charge is 2.14. The van der Waals surface area contributed by atoms with Crippen molar-refractivity contribution in [1.82, 2.24) is 5.32 Å². The zero-order valence-corrected chi connectivity index (χ0v) is 19.3. The first kappa shape index (κ1) is 24.9. The fourth-order valence-corrected chi connectivity index (χ4v) is 2.92. The van der Waals surface area contributed by atoms with Gasteiger partial charge in [0.1, 0.15) is 28.9 Å². The molecule has 0 aliphatic carbocycles. The topological polar surface area (TPSA) is 120 Å². The Morgan fingerprint density at radius 1 is 1.06 bits per heavy atom. The van der Waals surface area contributed by atoms with Gasteiger partial charge < -0.3 is 28.7 Å². The number of esters is 1. The molecule has 0 atom stereocenters. The predicted molar refractivity (Wildman–Crippen MR) is 126 cm³/mol. The Balaban J connectivity index is 1.65. The molecule has 1 aromatic heterocycles. The number of rotatable bonds is 11. The second-order valence-electron chi connectivity index (χ2n) is 7.01. The number of nitrogens with zero attached hydrogens (tertiary/aromatic N) is 1. The van der Waals surface area contributed by atoms with Crippen LogP contribution in [0.3, 0.4) is 0 Å². The lowest BCUT2D eigenvalue weighted by molar-refractivity contribution is -0.136. The van der Waals surface area contributed by atoms with E-state index in [1.807, 2.05) is 6.07 Å². The van der Waals surface area contributed by atoms with Crippen LogP contribution in [0.25, 0.3) is 6.08 Å². The molecule has 0 saturated heterocycles. The van der Waals surface area contributed by atoms with E-state index in [9.17, 15) is 14.9 Å². The van der Waals surface area contributed by atoms with Crippen LogP contribution in [0.15, 0.2) is 70.9 Å². The Kier molecular flexibility index (Phi) is 8.91. The number of carbonyl (C=O) groups excluding carboxylic acids is 2. The summed E-state index contributed by atoms with van der Waals surface area (Å²) < 4.78 is 26.7. The third-order valence-electron chi connectivity index (χ3n) is 4.59. The molecule has 2 aromatic carbocycles. The lowest BCUT2D eigenvalue weighted by Gasteiger charge is -2.12. The van der Waals surface area contributed by atoms with Crippen LogP contribution in [0.1, 0.15) is 18.2 Å². The van der Waals surface area contributed by atoms with Gasteiger partial charge >= 0.3 is 5.97 Å². The standard InChI is InChI=1S/C26H24N2O7/c1-3-32-24-14-18(13-19(15-27)26(30)28-16-22-5-4-12-33-22)6-11-23(24)35-25(29)17-34-21-9-7-20(31-2)8-10-21/h4-14H,3,16-17H2,1-2H3,(H,28,30)/b19-13+. The van der Waals surface area contributed by atoms with Gasteiger partial charge in [-0.2, -0.15) is 5.26 Å². The van der Waals surface area contributed by atoms with E-state index in [4.69, 9.17) is 23.4 Å². The van der Waals surface area contributed by atoms with Crippen molar-refractivity contribution in [3.05, 3.63) is 77.8 Å². The number of nitrogens with one attached hydrogen (secondary N) is 1. The zero-order chi connectivity index (χ0) is 25.0. The van der Waals surface area contributed by atoms with E-state index in [-0.39, 0.29) is 30.2 Å². The van der Waals surface area contributed by atoms with Crippen molar-refractivity contribution in [2.45, 2.75) is 13.5 Å². The molecule has 3 rings (SSSR count). The molecule has 1 heterocycles. The van der Waals surface area contributed by atoms with Crippen LogP contribution in [0.2, 0.25) is 0 Å². The number of carbonyl (C=O) groups is 2. The molecule has 0 spiro atoms.